The molecule has 0 bridgehead atoms. The smallest absolute Gasteiger partial charge is 0.289 e. The molecule has 138 valence electrons. The van der Waals surface area contributed by atoms with Crippen molar-refractivity contribution in [3.8, 4) is 0 Å². The van der Waals surface area contributed by atoms with Crippen molar-refractivity contribution in [1.29, 1.82) is 0 Å². The minimum absolute atomic E-state index is 0.131. The zero-order valence-electron chi connectivity index (χ0n) is 14.8. The molecule has 2 aromatic carbocycles. The quantitative estimate of drug-likeness (QED) is 0.859. The number of hydrogen-bond donors (Lipinski definition) is 1. The topological polar surface area (TPSA) is 66.5 Å². The predicted molar refractivity (Wildman–Crippen MR) is 104 cm³/mol. The maximum atomic E-state index is 12.9. The number of imide groups is 1. The summed E-state index contributed by atoms with van der Waals surface area (Å²) < 4.78 is 0. The summed E-state index contributed by atoms with van der Waals surface area (Å²) in [5.41, 5.74) is 2.15. The molecule has 0 radical (unpaired) electrons. The molecule has 1 aliphatic heterocycles. The molecule has 0 atom stereocenters. The van der Waals surface area contributed by atoms with E-state index in [1.165, 1.54) is 4.90 Å². The van der Waals surface area contributed by atoms with Crippen molar-refractivity contribution in [3.05, 3.63) is 71.3 Å². The van der Waals surface area contributed by atoms with Crippen LogP contribution in [-0.4, -0.2) is 27.7 Å². The highest BCUT2D eigenvalue weighted by Gasteiger charge is 2.40. The third kappa shape index (κ3) is 3.49. The number of amides is 3. The maximum absolute atomic E-state index is 12.9. The Kier molecular flexibility index (Phi) is 4.74. The van der Waals surface area contributed by atoms with Crippen molar-refractivity contribution in [2.75, 3.05) is 5.75 Å². The molecule has 2 aliphatic rings. The summed E-state index contributed by atoms with van der Waals surface area (Å²) >= 11 is 1.02. The van der Waals surface area contributed by atoms with Gasteiger partial charge in [0, 0.05) is 5.56 Å². The van der Waals surface area contributed by atoms with E-state index in [1.54, 1.807) is 18.2 Å². The van der Waals surface area contributed by atoms with Crippen LogP contribution in [0.15, 0.2) is 54.6 Å². The highest BCUT2D eigenvalue weighted by atomic mass is 32.2. The van der Waals surface area contributed by atoms with Gasteiger partial charge in [0.25, 0.3) is 11.1 Å². The lowest BCUT2D eigenvalue weighted by atomic mass is 9.71. The molecule has 3 amide bonds. The normalized spacial score (nSPS) is 18.3. The summed E-state index contributed by atoms with van der Waals surface area (Å²) in [7, 11) is 0. The summed E-state index contributed by atoms with van der Waals surface area (Å²) in [4.78, 5) is 37.7. The summed E-state index contributed by atoms with van der Waals surface area (Å²) in [6.07, 6.45) is 2.94. The molecular weight excluding hydrogens is 360 g/mol. The fourth-order valence-corrected chi connectivity index (χ4v) is 4.32. The van der Waals surface area contributed by atoms with Crippen LogP contribution in [0.3, 0.4) is 0 Å². The van der Waals surface area contributed by atoms with Gasteiger partial charge in [-0.3, -0.25) is 19.3 Å². The summed E-state index contributed by atoms with van der Waals surface area (Å²) in [5.74, 6) is -0.121. The van der Waals surface area contributed by atoms with E-state index in [0.29, 0.717) is 5.56 Å². The van der Waals surface area contributed by atoms with Gasteiger partial charge >= 0.3 is 0 Å². The van der Waals surface area contributed by atoms with E-state index < -0.39 is 0 Å². The minimum Gasteiger partial charge on any atom is -0.343 e. The Morgan fingerprint density at radius 2 is 1.85 bits per heavy atom. The first-order valence-corrected chi connectivity index (χ1v) is 10.0. The molecule has 0 unspecified atom stereocenters. The Morgan fingerprint density at radius 3 is 2.48 bits per heavy atom. The van der Waals surface area contributed by atoms with E-state index in [9.17, 15) is 14.4 Å². The van der Waals surface area contributed by atoms with E-state index in [2.05, 4.69) is 17.4 Å². The molecule has 2 aromatic rings. The number of hydrogen-bond acceptors (Lipinski definition) is 4. The molecule has 0 aromatic heterocycles. The van der Waals surface area contributed by atoms with Crippen molar-refractivity contribution in [2.45, 2.75) is 31.3 Å². The van der Waals surface area contributed by atoms with Crippen molar-refractivity contribution < 1.29 is 14.4 Å². The molecule has 1 saturated carbocycles. The lowest BCUT2D eigenvalue weighted by Crippen LogP contribution is -2.50. The van der Waals surface area contributed by atoms with Crippen molar-refractivity contribution in [1.82, 2.24) is 10.2 Å². The Hall–Kier alpha value is -2.60. The third-order valence-corrected chi connectivity index (χ3v) is 6.12. The number of nitrogens with zero attached hydrogens (tertiary/aromatic N) is 1. The number of benzene rings is 2. The van der Waals surface area contributed by atoms with E-state index >= 15 is 0 Å². The van der Waals surface area contributed by atoms with Crippen LogP contribution < -0.4 is 5.32 Å². The summed E-state index contributed by atoms with van der Waals surface area (Å²) in [6.45, 7) is 0.204. The number of carbonyl (C=O) groups excluding carboxylic acids is 3. The van der Waals surface area contributed by atoms with Crippen molar-refractivity contribution >= 4 is 28.8 Å². The third-order valence-electron chi connectivity index (χ3n) is 5.26. The van der Waals surface area contributed by atoms with Gasteiger partial charge in [0.05, 0.1) is 17.8 Å². The first-order valence-electron chi connectivity index (χ1n) is 9.01. The zero-order chi connectivity index (χ0) is 18.9. The molecule has 1 heterocycles. The van der Waals surface area contributed by atoms with Gasteiger partial charge in [-0.2, -0.15) is 0 Å². The first kappa shape index (κ1) is 17.8. The number of carbonyl (C=O) groups is 3. The number of nitrogens with one attached hydrogen (secondary N) is 1. The van der Waals surface area contributed by atoms with Crippen molar-refractivity contribution in [2.24, 2.45) is 0 Å². The van der Waals surface area contributed by atoms with Crippen LogP contribution in [0.5, 0.6) is 0 Å². The standard InChI is InChI=1S/C21H20N2O3S/c24-18-14-27-20(26)23(18)13-15-6-4-7-16(12-15)19(25)22-21(10-5-11-21)17-8-2-1-3-9-17/h1-4,6-9,12H,5,10-11,13-14H2,(H,22,25). The molecular formula is C21H20N2O3S. The fraction of sp³-hybridized carbons (Fsp3) is 0.286. The molecule has 5 nitrogen and oxygen atoms in total. The fourth-order valence-electron chi connectivity index (χ4n) is 3.59. The molecule has 1 aliphatic carbocycles. The van der Waals surface area contributed by atoms with E-state index in [0.717, 1.165) is 42.2 Å². The second-order valence-corrected chi connectivity index (χ2v) is 7.92. The number of thioether (sulfide) groups is 1. The Morgan fingerprint density at radius 1 is 1.07 bits per heavy atom. The molecule has 1 saturated heterocycles. The largest absolute Gasteiger partial charge is 0.343 e. The van der Waals surface area contributed by atoms with Crippen LogP contribution in [0.25, 0.3) is 0 Å². The van der Waals surface area contributed by atoms with E-state index in [4.69, 9.17) is 0 Å². The van der Waals surface area contributed by atoms with Crippen LogP contribution in [-0.2, 0) is 16.9 Å². The molecule has 6 heteroatoms. The van der Waals surface area contributed by atoms with Crippen LogP contribution in [0, 0.1) is 0 Å². The summed E-state index contributed by atoms with van der Waals surface area (Å²) in [6, 6.07) is 17.2. The first-order chi connectivity index (χ1) is 13.1. The lowest BCUT2D eigenvalue weighted by Gasteiger charge is -2.43. The van der Waals surface area contributed by atoms with Gasteiger partial charge in [-0.05, 0) is 42.5 Å². The average molecular weight is 380 g/mol. The maximum Gasteiger partial charge on any atom is 0.289 e. The monoisotopic (exact) mass is 380 g/mol. The highest BCUT2D eigenvalue weighted by Crippen LogP contribution is 2.41. The molecule has 1 N–H and O–H groups in total. The van der Waals surface area contributed by atoms with Crippen LogP contribution in [0.2, 0.25) is 0 Å². The molecule has 2 fully saturated rings. The average Bonchev–Trinajstić information content (AvgIpc) is 2.97. The van der Waals surface area contributed by atoms with E-state index in [-0.39, 0.29) is 34.9 Å². The molecule has 0 spiro atoms. The predicted octanol–water partition coefficient (Wildman–Crippen LogP) is 3.69. The van der Waals surface area contributed by atoms with Crippen LogP contribution in [0.4, 0.5) is 4.79 Å². The van der Waals surface area contributed by atoms with Gasteiger partial charge in [0.15, 0.2) is 0 Å². The Balaban J connectivity index is 1.51. The minimum atomic E-state index is -0.300. The summed E-state index contributed by atoms with van der Waals surface area (Å²) in [5, 5.41) is 2.98. The Bertz CT molecular complexity index is 877. The SMILES string of the molecule is O=C(NC1(c2ccccc2)CCC1)c1cccc(CN2C(=O)CSC2=O)c1. The van der Waals surface area contributed by atoms with E-state index in [1.807, 2.05) is 24.3 Å². The Labute approximate surface area is 162 Å². The molecule has 27 heavy (non-hydrogen) atoms. The highest BCUT2D eigenvalue weighted by molar-refractivity contribution is 8.14. The lowest BCUT2D eigenvalue weighted by molar-refractivity contribution is -0.125. The second-order valence-electron chi connectivity index (χ2n) is 6.99. The van der Waals surface area contributed by atoms with Gasteiger partial charge in [0.2, 0.25) is 5.91 Å². The van der Waals surface area contributed by atoms with Gasteiger partial charge in [0.1, 0.15) is 0 Å². The molecule has 4 rings (SSSR count). The van der Waals surface area contributed by atoms with Crippen LogP contribution in [0.1, 0.15) is 40.7 Å². The van der Waals surface area contributed by atoms with Crippen LogP contribution >= 0.6 is 11.8 Å². The van der Waals surface area contributed by atoms with Crippen molar-refractivity contribution in [3.63, 3.8) is 0 Å². The zero-order valence-corrected chi connectivity index (χ0v) is 15.6. The number of rotatable bonds is 5. The van der Waals surface area contributed by atoms with Gasteiger partial charge in [-0.1, -0.05) is 54.2 Å². The second kappa shape index (κ2) is 7.19. The van der Waals surface area contributed by atoms with Gasteiger partial charge in [-0.15, -0.1) is 0 Å². The van der Waals surface area contributed by atoms with Gasteiger partial charge in [-0.25, -0.2) is 0 Å². The van der Waals surface area contributed by atoms with Gasteiger partial charge < -0.3 is 5.32 Å².